The van der Waals surface area contributed by atoms with Gasteiger partial charge in [-0.1, -0.05) is 36.4 Å². The summed E-state index contributed by atoms with van der Waals surface area (Å²) in [6.45, 7) is 6.05. The molecule has 27 heavy (non-hydrogen) atoms. The van der Waals surface area contributed by atoms with Crippen molar-refractivity contribution in [1.82, 2.24) is 4.90 Å². The Morgan fingerprint density at radius 3 is 2.52 bits per heavy atom. The number of amides is 1. The van der Waals surface area contributed by atoms with Crippen LogP contribution in [0.5, 0.6) is 0 Å². The van der Waals surface area contributed by atoms with Crippen LogP contribution in [0.1, 0.15) is 24.5 Å². The summed E-state index contributed by atoms with van der Waals surface area (Å²) in [6.07, 6.45) is 1.28. The van der Waals surface area contributed by atoms with Crippen molar-refractivity contribution in [3.05, 3.63) is 60.2 Å². The van der Waals surface area contributed by atoms with Crippen LogP contribution in [0.2, 0.25) is 0 Å². The molecule has 0 aliphatic carbocycles. The Hall–Kier alpha value is -2.37. The first-order chi connectivity index (χ1) is 13.3. The Morgan fingerprint density at radius 2 is 1.70 bits per heavy atom. The largest absolute Gasteiger partial charge is 0.373 e. The minimum Gasteiger partial charge on any atom is -0.373 e. The maximum atomic E-state index is 11.9. The van der Waals surface area contributed by atoms with Crippen LogP contribution in [0.4, 0.5) is 11.4 Å². The number of nitrogens with one attached hydrogen (secondary N) is 1. The molecule has 2 aromatic rings. The third-order valence-electron chi connectivity index (χ3n) is 5.38. The molecular formula is C22H27N3O2. The Kier molecular flexibility index (Phi) is 5.70. The quantitative estimate of drug-likeness (QED) is 0.798. The lowest BCUT2D eigenvalue weighted by atomic mass is 10.00. The monoisotopic (exact) mass is 365 g/mol. The van der Waals surface area contributed by atoms with Gasteiger partial charge in [0.05, 0.1) is 12.5 Å². The third kappa shape index (κ3) is 4.49. The van der Waals surface area contributed by atoms with Crippen LogP contribution in [0.15, 0.2) is 54.6 Å². The summed E-state index contributed by atoms with van der Waals surface area (Å²) in [5, 5.41) is 2.92. The fraction of sp³-hybridized carbons (Fsp3) is 0.409. The molecule has 5 heteroatoms. The molecule has 0 spiro atoms. The second kappa shape index (κ2) is 8.55. The Balaban J connectivity index is 1.20. The van der Waals surface area contributed by atoms with Crippen molar-refractivity contribution >= 4 is 17.3 Å². The lowest BCUT2D eigenvalue weighted by Gasteiger charge is -2.36. The topological polar surface area (TPSA) is 44.8 Å². The van der Waals surface area contributed by atoms with Crippen molar-refractivity contribution < 1.29 is 9.53 Å². The van der Waals surface area contributed by atoms with Gasteiger partial charge in [0.2, 0.25) is 5.91 Å². The number of piperazine rings is 1. The van der Waals surface area contributed by atoms with E-state index in [4.69, 9.17) is 4.74 Å². The highest BCUT2D eigenvalue weighted by Crippen LogP contribution is 2.32. The molecule has 2 aromatic carbocycles. The van der Waals surface area contributed by atoms with Crippen LogP contribution in [0.25, 0.3) is 0 Å². The molecule has 4 rings (SSSR count). The molecule has 142 valence electrons. The van der Waals surface area contributed by atoms with Crippen LogP contribution in [0, 0.1) is 0 Å². The van der Waals surface area contributed by atoms with Crippen LogP contribution in [0.3, 0.4) is 0 Å². The first-order valence-corrected chi connectivity index (χ1v) is 9.82. The molecule has 2 aliphatic heterocycles. The minimum atomic E-state index is -0.120. The SMILES string of the molecule is O=C1CC(OCCCN2CCN(c3ccccc3)CC2)c2ccccc2N1. The third-order valence-corrected chi connectivity index (χ3v) is 5.38. The lowest BCUT2D eigenvalue weighted by Crippen LogP contribution is -2.46. The smallest absolute Gasteiger partial charge is 0.227 e. The number of para-hydroxylation sites is 2. The maximum absolute atomic E-state index is 11.9. The summed E-state index contributed by atoms with van der Waals surface area (Å²) < 4.78 is 6.06. The fourth-order valence-corrected chi connectivity index (χ4v) is 3.90. The van der Waals surface area contributed by atoms with E-state index in [0.717, 1.165) is 50.4 Å². The lowest BCUT2D eigenvalue weighted by molar-refractivity contribution is -0.119. The number of rotatable bonds is 6. The van der Waals surface area contributed by atoms with E-state index in [1.54, 1.807) is 0 Å². The minimum absolute atomic E-state index is 0.0377. The van der Waals surface area contributed by atoms with Gasteiger partial charge in [0.25, 0.3) is 0 Å². The number of carbonyl (C=O) groups excluding carboxylic acids is 1. The van der Waals surface area contributed by atoms with E-state index in [2.05, 4.69) is 45.4 Å². The maximum Gasteiger partial charge on any atom is 0.227 e. The molecule has 0 saturated carbocycles. The molecule has 1 fully saturated rings. The van der Waals surface area contributed by atoms with Gasteiger partial charge in [-0.2, -0.15) is 0 Å². The Bertz CT molecular complexity index is 757. The average Bonchev–Trinajstić information content (AvgIpc) is 2.72. The van der Waals surface area contributed by atoms with E-state index in [-0.39, 0.29) is 12.0 Å². The molecule has 2 heterocycles. The van der Waals surface area contributed by atoms with Gasteiger partial charge in [0.15, 0.2) is 0 Å². The van der Waals surface area contributed by atoms with Crippen molar-refractivity contribution in [2.75, 3.05) is 49.5 Å². The predicted octanol–water partition coefficient (Wildman–Crippen LogP) is 3.30. The van der Waals surface area contributed by atoms with Gasteiger partial charge >= 0.3 is 0 Å². The first kappa shape index (κ1) is 18.0. The molecule has 0 radical (unpaired) electrons. The van der Waals surface area contributed by atoms with Crippen LogP contribution < -0.4 is 10.2 Å². The number of carbonyl (C=O) groups is 1. The second-order valence-electron chi connectivity index (χ2n) is 7.22. The molecule has 1 unspecified atom stereocenters. The first-order valence-electron chi connectivity index (χ1n) is 9.82. The van der Waals surface area contributed by atoms with Crippen molar-refractivity contribution in [1.29, 1.82) is 0 Å². The Morgan fingerprint density at radius 1 is 0.963 bits per heavy atom. The predicted molar refractivity (Wildman–Crippen MR) is 108 cm³/mol. The fourth-order valence-electron chi connectivity index (χ4n) is 3.90. The number of nitrogens with zero attached hydrogens (tertiary/aromatic N) is 2. The van der Waals surface area contributed by atoms with E-state index < -0.39 is 0 Å². The zero-order chi connectivity index (χ0) is 18.5. The summed E-state index contributed by atoms with van der Waals surface area (Å²) in [7, 11) is 0. The van der Waals surface area contributed by atoms with Gasteiger partial charge in [0, 0.05) is 56.3 Å². The molecule has 1 saturated heterocycles. The zero-order valence-corrected chi connectivity index (χ0v) is 15.6. The van der Waals surface area contributed by atoms with Gasteiger partial charge in [-0.15, -0.1) is 0 Å². The second-order valence-corrected chi connectivity index (χ2v) is 7.22. The van der Waals surface area contributed by atoms with E-state index in [1.807, 2.05) is 24.3 Å². The molecule has 0 bridgehead atoms. The van der Waals surface area contributed by atoms with Crippen LogP contribution >= 0.6 is 0 Å². The zero-order valence-electron chi connectivity index (χ0n) is 15.6. The van der Waals surface area contributed by atoms with Gasteiger partial charge < -0.3 is 15.0 Å². The summed E-state index contributed by atoms with van der Waals surface area (Å²) in [5.41, 5.74) is 3.29. The molecule has 0 aromatic heterocycles. The summed E-state index contributed by atoms with van der Waals surface area (Å²) in [5.74, 6) is 0.0377. The van der Waals surface area contributed by atoms with Crippen LogP contribution in [-0.4, -0.2) is 50.1 Å². The highest BCUT2D eigenvalue weighted by atomic mass is 16.5. The highest BCUT2D eigenvalue weighted by molar-refractivity contribution is 5.94. The normalized spacial score (nSPS) is 20.2. The van der Waals surface area contributed by atoms with Crippen molar-refractivity contribution in [2.45, 2.75) is 18.9 Å². The van der Waals surface area contributed by atoms with Gasteiger partial charge in [0.1, 0.15) is 0 Å². The van der Waals surface area contributed by atoms with Gasteiger partial charge in [-0.3, -0.25) is 9.69 Å². The van der Waals surface area contributed by atoms with Crippen molar-refractivity contribution in [2.24, 2.45) is 0 Å². The van der Waals surface area contributed by atoms with E-state index in [1.165, 1.54) is 5.69 Å². The molecule has 1 amide bonds. The molecule has 5 nitrogen and oxygen atoms in total. The standard InChI is InChI=1S/C22H27N3O2/c26-22-17-21(19-9-4-5-10-20(19)23-22)27-16-6-11-24-12-14-25(15-13-24)18-7-2-1-3-8-18/h1-5,7-10,21H,6,11-17H2,(H,23,26). The van der Waals surface area contributed by atoms with Gasteiger partial charge in [-0.25, -0.2) is 0 Å². The van der Waals surface area contributed by atoms with E-state index in [9.17, 15) is 4.79 Å². The summed E-state index contributed by atoms with van der Waals surface area (Å²) >= 11 is 0. The van der Waals surface area contributed by atoms with Crippen molar-refractivity contribution in [3.63, 3.8) is 0 Å². The number of ether oxygens (including phenoxy) is 1. The van der Waals surface area contributed by atoms with E-state index >= 15 is 0 Å². The number of fused-ring (bicyclic) bond motifs is 1. The Labute approximate surface area is 160 Å². The molecule has 2 aliphatic rings. The molecular weight excluding hydrogens is 338 g/mol. The molecule has 1 N–H and O–H groups in total. The van der Waals surface area contributed by atoms with E-state index in [0.29, 0.717) is 13.0 Å². The number of hydrogen-bond acceptors (Lipinski definition) is 4. The number of hydrogen-bond donors (Lipinski definition) is 1. The van der Waals surface area contributed by atoms with Crippen LogP contribution in [-0.2, 0) is 9.53 Å². The highest BCUT2D eigenvalue weighted by Gasteiger charge is 2.25. The number of benzene rings is 2. The number of anilines is 2. The summed E-state index contributed by atoms with van der Waals surface area (Å²) in [6, 6.07) is 18.6. The van der Waals surface area contributed by atoms with Gasteiger partial charge in [-0.05, 0) is 24.6 Å². The molecule has 1 atom stereocenters. The summed E-state index contributed by atoms with van der Waals surface area (Å²) in [4.78, 5) is 16.8. The van der Waals surface area contributed by atoms with Crippen molar-refractivity contribution in [3.8, 4) is 0 Å². The average molecular weight is 365 g/mol.